The maximum Gasteiger partial charge on any atom is 0.0541 e. The normalized spacial score (nSPS) is 11.3. The van der Waals surface area contributed by atoms with E-state index < -0.39 is 0 Å². The summed E-state index contributed by atoms with van der Waals surface area (Å²) < 4.78 is 2.36. The zero-order valence-electron chi connectivity index (χ0n) is 20.9. The monoisotopic (exact) mass is 486 g/mol. The van der Waals surface area contributed by atoms with Crippen LogP contribution >= 0.6 is 0 Å². The summed E-state index contributed by atoms with van der Waals surface area (Å²) in [5, 5.41) is 2.48. The predicted octanol–water partition coefficient (Wildman–Crippen LogP) is 9.37. The molecule has 0 unspecified atom stereocenters. The van der Waals surface area contributed by atoms with Crippen molar-refractivity contribution in [1.29, 1.82) is 0 Å². The van der Waals surface area contributed by atoms with Gasteiger partial charge in [0.2, 0.25) is 0 Å². The number of hydrogen-bond donors (Lipinski definition) is 1. The van der Waals surface area contributed by atoms with E-state index in [0.717, 1.165) is 28.1 Å². The van der Waals surface area contributed by atoms with E-state index >= 15 is 0 Å². The molecular formula is C36H26N2. The van der Waals surface area contributed by atoms with E-state index in [4.69, 9.17) is 5.73 Å². The summed E-state index contributed by atoms with van der Waals surface area (Å²) in [7, 11) is 0. The van der Waals surface area contributed by atoms with Crippen LogP contribution < -0.4 is 5.73 Å². The molecule has 0 fully saturated rings. The lowest BCUT2D eigenvalue weighted by Crippen LogP contribution is -1.93. The van der Waals surface area contributed by atoms with Crippen molar-refractivity contribution in [3.8, 4) is 39.1 Å². The first kappa shape index (κ1) is 22.1. The Bertz CT molecular complexity index is 1900. The third-order valence-electron chi connectivity index (χ3n) is 7.36. The van der Waals surface area contributed by atoms with Gasteiger partial charge in [0.1, 0.15) is 0 Å². The highest BCUT2D eigenvalue weighted by Gasteiger charge is 2.15. The van der Waals surface area contributed by atoms with E-state index in [-0.39, 0.29) is 0 Å². The summed E-state index contributed by atoms with van der Waals surface area (Å²) in [5.41, 5.74) is 17.7. The number of hydrogen-bond acceptors (Lipinski definition) is 1. The van der Waals surface area contributed by atoms with E-state index in [0.29, 0.717) is 0 Å². The van der Waals surface area contributed by atoms with Crippen molar-refractivity contribution >= 4 is 27.5 Å². The first-order valence-corrected chi connectivity index (χ1v) is 12.9. The third kappa shape index (κ3) is 3.75. The number of para-hydroxylation sites is 1. The Balaban J connectivity index is 1.46. The fraction of sp³-hybridized carbons (Fsp3) is 0. The van der Waals surface area contributed by atoms with Crippen LogP contribution in [0.25, 0.3) is 60.9 Å². The van der Waals surface area contributed by atoms with Crippen molar-refractivity contribution in [3.05, 3.63) is 146 Å². The van der Waals surface area contributed by atoms with Gasteiger partial charge in [-0.15, -0.1) is 0 Å². The molecule has 0 radical (unpaired) electrons. The molecule has 1 heterocycles. The maximum absolute atomic E-state index is 6.40. The molecule has 2 heteroatoms. The molecule has 0 aliphatic rings. The summed E-state index contributed by atoms with van der Waals surface area (Å²) >= 11 is 0. The van der Waals surface area contributed by atoms with Crippen LogP contribution in [0.3, 0.4) is 0 Å². The van der Waals surface area contributed by atoms with Crippen molar-refractivity contribution in [2.75, 3.05) is 5.73 Å². The topological polar surface area (TPSA) is 30.9 Å². The fourth-order valence-electron chi connectivity index (χ4n) is 5.47. The minimum absolute atomic E-state index is 0.786. The van der Waals surface area contributed by atoms with Gasteiger partial charge in [-0.1, -0.05) is 97.1 Å². The fourth-order valence-corrected chi connectivity index (χ4v) is 5.47. The van der Waals surface area contributed by atoms with Crippen LogP contribution in [0.15, 0.2) is 146 Å². The van der Waals surface area contributed by atoms with E-state index in [2.05, 4.69) is 138 Å². The molecule has 38 heavy (non-hydrogen) atoms. The van der Waals surface area contributed by atoms with Crippen LogP contribution in [-0.4, -0.2) is 4.57 Å². The Morgan fingerprint density at radius 2 is 0.868 bits per heavy atom. The van der Waals surface area contributed by atoms with Crippen molar-refractivity contribution < 1.29 is 0 Å². The van der Waals surface area contributed by atoms with E-state index in [9.17, 15) is 0 Å². The van der Waals surface area contributed by atoms with Gasteiger partial charge in [-0.25, -0.2) is 0 Å². The van der Waals surface area contributed by atoms with Crippen LogP contribution in [0.1, 0.15) is 0 Å². The van der Waals surface area contributed by atoms with Crippen LogP contribution in [-0.2, 0) is 0 Å². The van der Waals surface area contributed by atoms with E-state index in [1.165, 1.54) is 38.5 Å². The average molecular weight is 487 g/mol. The second-order valence-corrected chi connectivity index (χ2v) is 9.67. The summed E-state index contributed by atoms with van der Waals surface area (Å²) in [6, 6.07) is 51.5. The molecule has 0 saturated heterocycles. The van der Waals surface area contributed by atoms with Gasteiger partial charge in [0.25, 0.3) is 0 Å². The number of nitrogens with zero attached hydrogens (tertiary/aromatic N) is 1. The number of aromatic nitrogens is 1. The SMILES string of the molecule is Nc1ccc(-c2ccc3c(c2)c2cc(-c4ccccc4)ccc2n3-c2ccccc2)cc1-c1ccccc1. The minimum atomic E-state index is 0.786. The average Bonchev–Trinajstić information content (AvgIpc) is 3.32. The highest BCUT2D eigenvalue weighted by Crippen LogP contribution is 2.38. The molecule has 180 valence electrons. The summed E-state index contributed by atoms with van der Waals surface area (Å²) in [6.45, 7) is 0. The number of rotatable bonds is 4. The molecule has 0 spiro atoms. The molecule has 2 nitrogen and oxygen atoms in total. The number of nitrogen functional groups attached to an aromatic ring is 1. The molecule has 6 aromatic carbocycles. The van der Waals surface area contributed by atoms with Gasteiger partial charge in [0.05, 0.1) is 11.0 Å². The summed E-state index contributed by atoms with van der Waals surface area (Å²) in [6.07, 6.45) is 0. The molecule has 1 aromatic heterocycles. The second kappa shape index (κ2) is 9.10. The smallest absolute Gasteiger partial charge is 0.0541 e. The molecule has 7 rings (SSSR count). The highest BCUT2D eigenvalue weighted by molar-refractivity contribution is 6.11. The van der Waals surface area contributed by atoms with Crippen molar-refractivity contribution in [3.63, 3.8) is 0 Å². The standard InChI is InChI=1S/C36H26N2/c37-34-19-16-28(22-31(34)26-12-6-2-7-13-26)29-18-21-36-33(24-29)32-23-27(25-10-4-1-5-11-25)17-20-35(32)38(36)30-14-8-3-9-15-30/h1-24H,37H2. The zero-order valence-corrected chi connectivity index (χ0v) is 20.9. The first-order valence-electron chi connectivity index (χ1n) is 12.9. The lowest BCUT2D eigenvalue weighted by molar-refractivity contribution is 1.18. The first-order chi connectivity index (χ1) is 18.8. The maximum atomic E-state index is 6.40. The Morgan fingerprint density at radius 1 is 0.395 bits per heavy atom. The van der Waals surface area contributed by atoms with E-state index in [1.807, 2.05) is 12.1 Å². The molecule has 0 atom stereocenters. The van der Waals surface area contributed by atoms with Crippen molar-refractivity contribution in [1.82, 2.24) is 4.57 Å². The van der Waals surface area contributed by atoms with Gasteiger partial charge in [-0.3, -0.25) is 0 Å². The molecule has 0 amide bonds. The molecule has 0 aliphatic heterocycles. The minimum Gasteiger partial charge on any atom is -0.398 e. The second-order valence-electron chi connectivity index (χ2n) is 9.67. The molecule has 0 bridgehead atoms. The number of benzene rings is 6. The summed E-state index contributed by atoms with van der Waals surface area (Å²) in [4.78, 5) is 0. The highest BCUT2D eigenvalue weighted by atomic mass is 15.0. The van der Waals surface area contributed by atoms with Gasteiger partial charge in [0.15, 0.2) is 0 Å². The quantitative estimate of drug-likeness (QED) is 0.247. The molecular weight excluding hydrogens is 460 g/mol. The Labute approximate surface area is 222 Å². The Morgan fingerprint density at radius 3 is 1.47 bits per heavy atom. The number of nitrogens with two attached hydrogens (primary N) is 1. The van der Waals surface area contributed by atoms with Crippen LogP contribution in [0.2, 0.25) is 0 Å². The van der Waals surface area contributed by atoms with Crippen molar-refractivity contribution in [2.45, 2.75) is 0 Å². The van der Waals surface area contributed by atoms with Gasteiger partial charge in [-0.05, 0) is 76.3 Å². The lowest BCUT2D eigenvalue weighted by atomic mass is 9.96. The molecule has 2 N–H and O–H groups in total. The lowest BCUT2D eigenvalue weighted by Gasteiger charge is -2.10. The molecule has 7 aromatic rings. The largest absolute Gasteiger partial charge is 0.398 e. The van der Waals surface area contributed by atoms with Gasteiger partial charge in [-0.2, -0.15) is 0 Å². The van der Waals surface area contributed by atoms with Crippen molar-refractivity contribution in [2.24, 2.45) is 0 Å². The van der Waals surface area contributed by atoms with Crippen LogP contribution in [0.5, 0.6) is 0 Å². The zero-order chi connectivity index (χ0) is 25.5. The van der Waals surface area contributed by atoms with Crippen LogP contribution in [0.4, 0.5) is 5.69 Å². The van der Waals surface area contributed by atoms with Gasteiger partial charge < -0.3 is 10.3 Å². The number of anilines is 1. The Kier molecular flexibility index (Phi) is 5.30. The van der Waals surface area contributed by atoms with Crippen LogP contribution in [0, 0.1) is 0 Å². The molecule has 0 saturated carbocycles. The van der Waals surface area contributed by atoms with Gasteiger partial charge >= 0.3 is 0 Å². The Hall–Kier alpha value is -5.08. The van der Waals surface area contributed by atoms with Gasteiger partial charge in [0, 0.05) is 27.7 Å². The third-order valence-corrected chi connectivity index (χ3v) is 7.36. The molecule has 0 aliphatic carbocycles. The van der Waals surface area contributed by atoms with E-state index in [1.54, 1.807) is 0 Å². The summed E-state index contributed by atoms with van der Waals surface area (Å²) in [5.74, 6) is 0. The number of fused-ring (bicyclic) bond motifs is 3. The predicted molar refractivity (Wildman–Crippen MR) is 162 cm³/mol.